The number of carbonyl (C=O) groups excluding carboxylic acids is 1. The van der Waals surface area contributed by atoms with Crippen molar-refractivity contribution in [1.82, 2.24) is 0 Å². The van der Waals surface area contributed by atoms with Gasteiger partial charge in [0.2, 0.25) is 0 Å². The van der Waals surface area contributed by atoms with Gasteiger partial charge in [0.25, 0.3) is 0 Å². The number of hydrogen-bond acceptors (Lipinski definition) is 4. The Morgan fingerprint density at radius 2 is 1.68 bits per heavy atom. The summed E-state index contributed by atoms with van der Waals surface area (Å²) < 4.78 is 10.5. The lowest BCUT2D eigenvalue weighted by Gasteiger charge is -2.17. The summed E-state index contributed by atoms with van der Waals surface area (Å²) in [6.45, 7) is 7.43. The summed E-state index contributed by atoms with van der Waals surface area (Å²) in [4.78, 5) is 11.7. The first-order chi connectivity index (χ1) is 13.6. The second kappa shape index (κ2) is 11.2. The average Bonchev–Trinajstić information content (AvgIpc) is 2.75. The highest BCUT2D eigenvalue weighted by Gasteiger charge is 2.16. The monoisotopic (exact) mass is 380 g/mol. The molecular weight excluding hydrogens is 352 g/mol. The van der Waals surface area contributed by atoms with Crippen molar-refractivity contribution in [2.24, 2.45) is 0 Å². The maximum atomic E-state index is 11.7. The van der Waals surface area contributed by atoms with E-state index in [9.17, 15) is 4.79 Å². The predicted molar refractivity (Wildman–Crippen MR) is 112 cm³/mol. The lowest BCUT2D eigenvalue weighted by atomic mass is 9.96. The third-order valence-electron chi connectivity index (χ3n) is 4.57. The molecule has 4 heteroatoms. The SMILES string of the molecule is C=CCCc1ccc(-c2ccc(C(COC)COC(=O)C(=C)CO)cc2)cc1. The Balaban J connectivity index is 2.06. The molecule has 0 fully saturated rings. The Morgan fingerprint density at radius 3 is 2.21 bits per heavy atom. The molecule has 0 saturated carbocycles. The van der Waals surface area contributed by atoms with Crippen LogP contribution in [0.1, 0.15) is 23.5 Å². The van der Waals surface area contributed by atoms with E-state index in [1.165, 1.54) is 5.56 Å². The molecule has 0 amide bonds. The van der Waals surface area contributed by atoms with Crippen LogP contribution in [0.5, 0.6) is 0 Å². The Kier molecular flexibility index (Phi) is 8.66. The molecule has 28 heavy (non-hydrogen) atoms. The highest BCUT2D eigenvalue weighted by atomic mass is 16.5. The lowest BCUT2D eigenvalue weighted by Crippen LogP contribution is -2.18. The van der Waals surface area contributed by atoms with Crippen molar-refractivity contribution >= 4 is 5.97 Å². The number of ether oxygens (including phenoxy) is 2. The zero-order valence-electron chi connectivity index (χ0n) is 16.4. The van der Waals surface area contributed by atoms with Gasteiger partial charge in [0, 0.05) is 13.0 Å². The number of benzene rings is 2. The second-order valence-electron chi connectivity index (χ2n) is 6.66. The molecule has 2 aromatic carbocycles. The van der Waals surface area contributed by atoms with E-state index < -0.39 is 12.6 Å². The molecular formula is C24H28O4. The summed E-state index contributed by atoms with van der Waals surface area (Å²) in [5.41, 5.74) is 4.65. The maximum Gasteiger partial charge on any atom is 0.335 e. The predicted octanol–water partition coefficient (Wildman–Crippen LogP) is 4.29. The van der Waals surface area contributed by atoms with Crippen molar-refractivity contribution in [3.8, 4) is 11.1 Å². The fraction of sp³-hybridized carbons (Fsp3) is 0.292. The van der Waals surface area contributed by atoms with Crippen LogP contribution in [0.4, 0.5) is 0 Å². The molecule has 0 heterocycles. The van der Waals surface area contributed by atoms with E-state index in [-0.39, 0.29) is 18.1 Å². The minimum Gasteiger partial charge on any atom is -0.462 e. The molecule has 0 radical (unpaired) electrons. The smallest absolute Gasteiger partial charge is 0.335 e. The average molecular weight is 380 g/mol. The van der Waals surface area contributed by atoms with Gasteiger partial charge >= 0.3 is 5.97 Å². The number of esters is 1. The van der Waals surface area contributed by atoms with E-state index in [1.807, 2.05) is 18.2 Å². The molecule has 0 aromatic heterocycles. The largest absolute Gasteiger partial charge is 0.462 e. The van der Waals surface area contributed by atoms with E-state index in [1.54, 1.807) is 7.11 Å². The molecule has 0 aliphatic heterocycles. The van der Waals surface area contributed by atoms with Gasteiger partial charge < -0.3 is 14.6 Å². The Labute approximate surface area is 167 Å². The fourth-order valence-corrected chi connectivity index (χ4v) is 2.86. The van der Waals surface area contributed by atoms with Crippen molar-refractivity contribution < 1.29 is 19.4 Å². The summed E-state index contributed by atoms with van der Waals surface area (Å²) in [5.74, 6) is -0.674. The molecule has 2 rings (SSSR count). The molecule has 1 atom stereocenters. The molecule has 0 saturated heterocycles. The summed E-state index contributed by atoms with van der Waals surface area (Å²) in [6.07, 6.45) is 3.91. The van der Waals surface area contributed by atoms with E-state index >= 15 is 0 Å². The summed E-state index contributed by atoms with van der Waals surface area (Å²) >= 11 is 0. The van der Waals surface area contributed by atoms with E-state index in [2.05, 4.69) is 49.6 Å². The van der Waals surface area contributed by atoms with Crippen LogP contribution in [0.3, 0.4) is 0 Å². The molecule has 1 unspecified atom stereocenters. The second-order valence-corrected chi connectivity index (χ2v) is 6.66. The first kappa shape index (κ1) is 21.6. The van der Waals surface area contributed by atoms with Gasteiger partial charge in [0.15, 0.2) is 0 Å². The van der Waals surface area contributed by atoms with Crippen molar-refractivity contribution in [2.45, 2.75) is 18.8 Å². The quantitative estimate of drug-likeness (QED) is 0.359. The van der Waals surface area contributed by atoms with Crippen LogP contribution in [0.15, 0.2) is 73.3 Å². The summed E-state index contributed by atoms with van der Waals surface area (Å²) in [7, 11) is 1.61. The highest BCUT2D eigenvalue weighted by molar-refractivity contribution is 5.87. The molecule has 1 N–H and O–H groups in total. The van der Waals surface area contributed by atoms with E-state index in [4.69, 9.17) is 14.6 Å². The molecule has 0 bridgehead atoms. The molecule has 0 aliphatic carbocycles. The number of methoxy groups -OCH3 is 1. The van der Waals surface area contributed by atoms with Gasteiger partial charge in [0.05, 0.1) is 18.8 Å². The summed E-state index contributed by atoms with van der Waals surface area (Å²) in [5, 5.41) is 8.96. The van der Waals surface area contributed by atoms with Gasteiger partial charge in [-0.05, 0) is 35.1 Å². The zero-order chi connectivity index (χ0) is 20.4. The van der Waals surface area contributed by atoms with E-state index in [0.29, 0.717) is 6.61 Å². The van der Waals surface area contributed by atoms with Gasteiger partial charge in [-0.25, -0.2) is 4.79 Å². The minimum absolute atomic E-state index is 0.0445. The first-order valence-electron chi connectivity index (χ1n) is 9.34. The van der Waals surface area contributed by atoms with Gasteiger partial charge in [0.1, 0.15) is 6.61 Å². The third-order valence-corrected chi connectivity index (χ3v) is 4.57. The van der Waals surface area contributed by atoms with Crippen LogP contribution in [-0.2, 0) is 20.7 Å². The van der Waals surface area contributed by atoms with Crippen LogP contribution < -0.4 is 0 Å². The number of aliphatic hydroxyl groups excluding tert-OH is 1. The van der Waals surface area contributed by atoms with Gasteiger partial charge in [-0.15, -0.1) is 6.58 Å². The first-order valence-corrected chi connectivity index (χ1v) is 9.34. The Hall–Kier alpha value is -2.69. The standard InChI is InChI=1S/C24H28O4/c1-4-5-6-19-7-9-20(10-8-19)21-11-13-22(14-12-21)23(16-27-3)17-28-24(26)18(2)15-25/h4,7-14,23,25H,1-2,5-6,15-17H2,3H3. The number of aliphatic hydroxyl groups is 1. The fourth-order valence-electron chi connectivity index (χ4n) is 2.86. The van der Waals surface area contributed by atoms with Crippen LogP contribution in [0.25, 0.3) is 11.1 Å². The zero-order valence-corrected chi connectivity index (χ0v) is 16.4. The van der Waals surface area contributed by atoms with Crippen LogP contribution in [-0.4, -0.2) is 38.0 Å². The maximum absolute atomic E-state index is 11.7. The topological polar surface area (TPSA) is 55.8 Å². The van der Waals surface area contributed by atoms with Crippen molar-refractivity contribution in [3.63, 3.8) is 0 Å². The number of aryl methyl sites for hydroxylation is 1. The van der Waals surface area contributed by atoms with Crippen molar-refractivity contribution in [1.29, 1.82) is 0 Å². The summed E-state index contributed by atoms with van der Waals surface area (Å²) in [6, 6.07) is 16.7. The van der Waals surface area contributed by atoms with Gasteiger partial charge in [-0.1, -0.05) is 61.2 Å². The van der Waals surface area contributed by atoms with Crippen molar-refractivity contribution in [3.05, 3.63) is 84.5 Å². The Bertz CT molecular complexity index is 775. The number of hydrogen-bond donors (Lipinski definition) is 1. The molecule has 4 nitrogen and oxygen atoms in total. The lowest BCUT2D eigenvalue weighted by molar-refractivity contribution is -0.140. The van der Waals surface area contributed by atoms with Gasteiger partial charge in [-0.2, -0.15) is 0 Å². The van der Waals surface area contributed by atoms with Crippen molar-refractivity contribution in [2.75, 3.05) is 26.9 Å². The number of rotatable bonds is 11. The van der Waals surface area contributed by atoms with E-state index in [0.717, 1.165) is 29.5 Å². The molecule has 2 aromatic rings. The van der Waals surface area contributed by atoms with Crippen LogP contribution >= 0.6 is 0 Å². The number of carbonyl (C=O) groups is 1. The third kappa shape index (κ3) is 6.19. The van der Waals surface area contributed by atoms with Crippen LogP contribution in [0.2, 0.25) is 0 Å². The highest BCUT2D eigenvalue weighted by Crippen LogP contribution is 2.24. The normalized spacial score (nSPS) is 11.6. The Morgan fingerprint density at radius 1 is 1.07 bits per heavy atom. The number of allylic oxidation sites excluding steroid dienone is 1. The van der Waals surface area contributed by atoms with Crippen LogP contribution in [0, 0.1) is 0 Å². The van der Waals surface area contributed by atoms with Gasteiger partial charge in [-0.3, -0.25) is 0 Å². The molecule has 148 valence electrons. The minimum atomic E-state index is -0.586. The molecule has 0 aliphatic rings. The molecule has 0 spiro atoms.